The lowest BCUT2D eigenvalue weighted by Crippen LogP contribution is -2.08. The van der Waals surface area contributed by atoms with Gasteiger partial charge in [-0.25, -0.2) is 9.37 Å². The molecule has 0 saturated carbocycles. The highest BCUT2D eigenvalue weighted by Gasteiger charge is 2.09. The molecule has 1 aromatic heterocycles. The van der Waals surface area contributed by atoms with Gasteiger partial charge in [-0.05, 0) is 19.1 Å². The molecule has 2 rings (SSSR count). The number of halogens is 1. The molecule has 3 N–H and O–H groups in total. The number of nitrogen functional groups attached to an aromatic ring is 1. The topological polar surface area (TPSA) is 50.9 Å². The quantitative estimate of drug-likeness (QED) is 0.853. The highest BCUT2D eigenvalue weighted by molar-refractivity contribution is 5.51. The van der Waals surface area contributed by atoms with E-state index in [1.165, 1.54) is 6.07 Å². The van der Waals surface area contributed by atoms with Crippen LogP contribution in [0.4, 0.5) is 15.9 Å². The van der Waals surface area contributed by atoms with E-state index in [9.17, 15) is 4.39 Å². The number of benzene rings is 1. The second-order valence-electron chi connectivity index (χ2n) is 3.86. The van der Waals surface area contributed by atoms with Gasteiger partial charge < -0.3 is 11.1 Å². The minimum Gasteiger partial charge on any atom is -0.384 e. The summed E-state index contributed by atoms with van der Waals surface area (Å²) in [4.78, 5) is 3.90. The Hall–Kier alpha value is -2.10. The standard InChI is InChI=1S/C13H14FN3/c1-9(11-4-2-3-5-12(11)14)17-10-6-7-16-13(15)8-10/h2-9H,1H3,(H3,15,16,17). The zero-order chi connectivity index (χ0) is 12.3. The van der Waals surface area contributed by atoms with Gasteiger partial charge in [-0.1, -0.05) is 18.2 Å². The Bertz CT molecular complexity index is 514. The minimum absolute atomic E-state index is 0.127. The Morgan fingerprint density at radius 3 is 2.76 bits per heavy atom. The van der Waals surface area contributed by atoms with E-state index in [0.29, 0.717) is 11.4 Å². The molecule has 0 saturated heterocycles. The van der Waals surface area contributed by atoms with E-state index in [2.05, 4.69) is 10.3 Å². The van der Waals surface area contributed by atoms with E-state index in [1.54, 1.807) is 30.5 Å². The fourth-order valence-electron chi connectivity index (χ4n) is 1.69. The number of aromatic nitrogens is 1. The third-order valence-corrected chi connectivity index (χ3v) is 2.54. The van der Waals surface area contributed by atoms with Crippen LogP contribution in [0.2, 0.25) is 0 Å². The van der Waals surface area contributed by atoms with Gasteiger partial charge in [-0.15, -0.1) is 0 Å². The van der Waals surface area contributed by atoms with Gasteiger partial charge in [0.25, 0.3) is 0 Å². The molecule has 0 aliphatic rings. The van der Waals surface area contributed by atoms with Gasteiger partial charge >= 0.3 is 0 Å². The van der Waals surface area contributed by atoms with Crippen LogP contribution in [0.1, 0.15) is 18.5 Å². The van der Waals surface area contributed by atoms with Crippen molar-refractivity contribution >= 4 is 11.5 Å². The molecule has 0 fully saturated rings. The molecule has 0 aliphatic heterocycles. The van der Waals surface area contributed by atoms with Crippen LogP contribution >= 0.6 is 0 Å². The molecule has 0 amide bonds. The van der Waals surface area contributed by atoms with Crippen molar-refractivity contribution < 1.29 is 4.39 Å². The predicted octanol–water partition coefficient (Wildman–Crippen LogP) is 2.98. The molecule has 88 valence electrons. The van der Waals surface area contributed by atoms with E-state index in [-0.39, 0.29) is 11.9 Å². The van der Waals surface area contributed by atoms with Gasteiger partial charge in [0.2, 0.25) is 0 Å². The maximum atomic E-state index is 13.5. The van der Waals surface area contributed by atoms with Crippen LogP contribution in [0.5, 0.6) is 0 Å². The Labute approximate surface area is 99.5 Å². The normalized spacial score (nSPS) is 12.1. The first-order valence-electron chi connectivity index (χ1n) is 5.39. The van der Waals surface area contributed by atoms with Crippen molar-refractivity contribution in [2.45, 2.75) is 13.0 Å². The highest BCUT2D eigenvalue weighted by Crippen LogP contribution is 2.21. The third kappa shape index (κ3) is 2.72. The molecular formula is C13H14FN3. The van der Waals surface area contributed by atoms with Crippen LogP contribution in [0.25, 0.3) is 0 Å². The van der Waals surface area contributed by atoms with Crippen LogP contribution in [0.15, 0.2) is 42.6 Å². The fraction of sp³-hybridized carbons (Fsp3) is 0.154. The summed E-state index contributed by atoms with van der Waals surface area (Å²) in [6.45, 7) is 1.90. The second kappa shape index (κ2) is 4.82. The molecule has 4 heteroatoms. The van der Waals surface area contributed by atoms with Crippen molar-refractivity contribution in [2.24, 2.45) is 0 Å². The average Bonchev–Trinajstić information content (AvgIpc) is 2.29. The second-order valence-corrected chi connectivity index (χ2v) is 3.86. The van der Waals surface area contributed by atoms with Gasteiger partial charge in [0, 0.05) is 23.5 Å². The largest absolute Gasteiger partial charge is 0.384 e. The van der Waals surface area contributed by atoms with E-state index < -0.39 is 0 Å². The summed E-state index contributed by atoms with van der Waals surface area (Å²) in [5, 5.41) is 3.18. The van der Waals surface area contributed by atoms with E-state index in [0.717, 1.165) is 5.69 Å². The van der Waals surface area contributed by atoms with Crippen LogP contribution < -0.4 is 11.1 Å². The number of nitrogens with two attached hydrogens (primary N) is 1. The molecule has 1 aromatic carbocycles. The number of nitrogens with zero attached hydrogens (tertiary/aromatic N) is 1. The van der Waals surface area contributed by atoms with Gasteiger partial charge in [-0.3, -0.25) is 0 Å². The molecule has 0 bridgehead atoms. The smallest absolute Gasteiger partial charge is 0.128 e. The fourth-order valence-corrected chi connectivity index (χ4v) is 1.69. The number of rotatable bonds is 3. The van der Waals surface area contributed by atoms with E-state index in [4.69, 9.17) is 5.73 Å². The molecule has 0 spiro atoms. The SMILES string of the molecule is CC(Nc1ccnc(N)c1)c1ccccc1F. The average molecular weight is 231 g/mol. The van der Waals surface area contributed by atoms with Crippen molar-refractivity contribution in [3.8, 4) is 0 Å². The van der Waals surface area contributed by atoms with Crippen molar-refractivity contribution in [1.29, 1.82) is 0 Å². The Morgan fingerprint density at radius 1 is 1.29 bits per heavy atom. The first-order valence-corrected chi connectivity index (χ1v) is 5.39. The zero-order valence-corrected chi connectivity index (χ0v) is 9.52. The molecule has 2 aromatic rings. The number of hydrogen-bond donors (Lipinski definition) is 2. The van der Waals surface area contributed by atoms with Gasteiger partial charge in [0.05, 0.1) is 6.04 Å². The molecule has 1 unspecified atom stereocenters. The maximum Gasteiger partial charge on any atom is 0.128 e. The van der Waals surface area contributed by atoms with Gasteiger partial charge in [-0.2, -0.15) is 0 Å². The molecule has 3 nitrogen and oxygen atoms in total. The summed E-state index contributed by atoms with van der Waals surface area (Å²) in [5.41, 5.74) is 7.03. The summed E-state index contributed by atoms with van der Waals surface area (Å²) in [7, 11) is 0. The van der Waals surface area contributed by atoms with Crippen molar-refractivity contribution in [3.05, 3.63) is 54.0 Å². The van der Waals surface area contributed by atoms with Crippen LogP contribution in [-0.2, 0) is 0 Å². The van der Waals surface area contributed by atoms with Crippen LogP contribution in [-0.4, -0.2) is 4.98 Å². The lowest BCUT2D eigenvalue weighted by molar-refractivity contribution is 0.600. The first kappa shape index (κ1) is 11.4. The maximum absolute atomic E-state index is 13.5. The summed E-state index contributed by atoms with van der Waals surface area (Å²) >= 11 is 0. The summed E-state index contributed by atoms with van der Waals surface area (Å²) in [6, 6.07) is 10.1. The summed E-state index contributed by atoms with van der Waals surface area (Å²) in [5.74, 6) is 0.227. The monoisotopic (exact) mass is 231 g/mol. The molecule has 0 radical (unpaired) electrons. The van der Waals surface area contributed by atoms with Crippen molar-refractivity contribution in [1.82, 2.24) is 4.98 Å². The Kier molecular flexibility index (Phi) is 3.23. The Balaban J connectivity index is 2.17. The Morgan fingerprint density at radius 2 is 2.06 bits per heavy atom. The molecule has 17 heavy (non-hydrogen) atoms. The van der Waals surface area contributed by atoms with E-state index in [1.807, 2.05) is 13.0 Å². The van der Waals surface area contributed by atoms with Crippen molar-refractivity contribution in [2.75, 3.05) is 11.1 Å². The molecule has 1 atom stereocenters. The zero-order valence-electron chi connectivity index (χ0n) is 9.52. The van der Waals surface area contributed by atoms with Crippen molar-refractivity contribution in [3.63, 3.8) is 0 Å². The third-order valence-electron chi connectivity index (χ3n) is 2.54. The highest BCUT2D eigenvalue weighted by atomic mass is 19.1. The lowest BCUT2D eigenvalue weighted by Gasteiger charge is -2.16. The summed E-state index contributed by atoms with van der Waals surface area (Å²) in [6.07, 6.45) is 1.62. The molecular weight excluding hydrogens is 217 g/mol. The molecule has 0 aliphatic carbocycles. The predicted molar refractivity (Wildman–Crippen MR) is 67.1 cm³/mol. The number of nitrogens with one attached hydrogen (secondary N) is 1. The molecule has 1 heterocycles. The number of anilines is 2. The van der Waals surface area contributed by atoms with E-state index >= 15 is 0 Å². The summed E-state index contributed by atoms with van der Waals surface area (Å²) < 4.78 is 13.5. The minimum atomic E-state index is -0.213. The number of hydrogen-bond acceptors (Lipinski definition) is 3. The van der Waals surface area contributed by atoms with Crippen LogP contribution in [0, 0.1) is 5.82 Å². The number of pyridine rings is 1. The van der Waals surface area contributed by atoms with Gasteiger partial charge in [0.15, 0.2) is 0 Å². The van der Waals surface area contributed by atoms with Gasteiger partial charge in [0.1, 0.15) is 11.6 Å². The lowest BCUT2D eigenvalue weighted by atomic mass is 10.1. The van der Waals surface area contributed by atoms with Crippen LogP contribution in [0.3, 0.4) is 0 Å². The first-order chi connectivity index (χ1) is 8.16.